The van der Waals surface area contributed by atoms with Crippen LogP contribution < -0.4 is 10.5 Å². The number of para-hydroxylation sites is 1. The van der Waals surface area contributed by atoms with Crippen LogP contribution in [0.25, 0.3) is 16.7 Å². The number of methoxy groups -OCH3 is 1. The number of anilines is 1. The summed E-state index contributed by atoms with van der Waals surface area (Å²) in [7, 11) is 1.58. The van der Waals surface area contributed by atoms with Crippen LogP contribution in [0, 0.1) is 0 Å². The van der Waals surface area contributed by atoms with Crippen molar-refractivity contribution in [1.82, 2.24) is 15.0 Å². The summed E-state index contributed by atoms with van der Waals surface area (Å²) >= 11 is 0. The molecule has 1 aromatic heterocycles. The van der Waals surface area contributed by atoms with Gasteiger partial charge < -0.3 is 10.5 Å². The van der Waals surface area contributed by atoms with E-state index in [2.05, 4.69) is 10.2 Å². The van der Waals surface area contributed by atoms with Gasteiger partial charge in [-0.3, -0.25) is 0 Å². The highest BCUT2D eigenvalue weighted by Gasteiger charge is 2.08. The number of nitrogens with two attached hydrogens (primary N) is 1. The normalized spacial score (nSPS) is 10.7. The van der Waals surface area contributed by atoms with E-state index >= 15 is 0 Å². The van der Waals surface area contributed by atoms with Gasteiger partial charge in [0.2, 0.25) is 0 Å². The van der Waals surface area contributed by atoms with Gasteiger partial charge in [0.15, 0.2) is 0 Å². The molecule has 18 heavy (non-hydrogen) atoms. The average Bonchev–Trinajstić information content (AvgIpc) is 2.81. The molecule has 0 radical (unpaired) electrons. The molecule has 0 amide bonds. The zero-order valence-electron chi connectivity index (χ0n) is 9.87. The highest BCUT2D eigenvalue weighted by atomic mass is 16.5. The van der Waals surface area contributed by atoms with E-state index in [1.54, 1.807) is 24.0 Å². The van der Waals surface area contributed by atoms with Crippen molar-refractivity contribution in [2.75, 3.05) is 12.8 Å². The molecule has 3 aromatic rings. The summed E-state index contributed by atoms with van der Waals surface area (Å²) in [5.74, 6) is 0.614. The number of benzene rings is 2. The SMILES string of the molecule is COc1cc2nn(-c3ccccc3)nc2cc1N. The third kappa shape index (κ3) is 1.66. The van der Waals surface area contributed by atoms with Gasteiger partial charge in [0.25, 0.3) is 0 Å². The lowest BCUT2D eigenvalue weighted by Crippen LogP contribution is -1.97. The van der Waals surface area contributed by atoms with Crippen LogP contribution in [0.5, 0.6) is 5.75 Å². The van der Waals surface area contributed by atoms with Gasteiger partial charge in [0.05, 0.1) is 18.5 Å². The Hall–Kier alpha value is -2.56. The molecule has 3 rings (SSSR count). The first kappa shape index (κ1) is 10.6. The van der Waals surface area contributed by atoms with Crippen LogP contribution >= 0.6 is 0 Å². The first-order valence-electron chi connectivity index (χ1n) is 5.54. The maximum absolute atomic E-state index is 5.84. The number of ether oxygens (including phenoxy) is 1. The minimum absolute atomic E-state index is 0.560. The van der Waals surface area contributed by atoms with Crippen LogP contribution in [-0.4, -0.2) is 22.1 Å². The van der Waals surface area contributed by atoms with Gasteiger partial charge in [0, 0.05) is 6.07 Å². The van der Waals surface area contributed by atoms with Crippen molar-refractivity contribution in [1.29, 1.82) is 0 Å². The maximum Gasteiger partial charge on any atom is 0.144 e. The lowest BCUT2D eigenvalue weighted by Gasteiger charge is -2.01. The highest BCUT2D eigenvalue weighted by molar-refractivity contribution is 5.81. The first-order chi connectivity index (χ1) is 8.78. The molecule has 5 heteroatoms. The fraction of sp³-hybridized carbons (Fsp3) is 0.0769. The van der Waals surface area contributed by atoms with E-state index in [0.29, 0.717) is 11.4 Å². The number of hydrogen-bond acceptors (Lipinski definition) is 4. The van der Waals surface area contributed by atoms with Crippen LogP contribution in [0.4, 0.5) is 5.69 Å². The number of nitrogen functional groups attached to an aromatic ring is 1. The third-order valence-corrected chi connectivity index (χ3v) is 2.72. The number of rotatable bonds is 2. The fourth-order valence-electron chi connectivity index (χ4n) is 1.81. The zero-order chi connectivity index (χ0) is 12.5. The molecule has 90 valence electrons. The highest BCUT2D eigenvalue weighted by Crippen LogP contribution is 2.26. The maximum atomic E-state index is 5.84. The number of aromatic nitrogens is 3. The molecular weight excluding hydrogens is 228 g/mol. The van der Waals surface area contributed by atoms with E-state index in [0.717, 1.165) is 16.7 Å². The Morgan fingerprint density at radius 3 is 2.39 bits per heavy atom. The van der Waals surface area contributed by atoms with Crippen LogP contribution in [0.3, 0.4) is 0 Å². The van der Waals surface area contributed by atoms with E-state index in [-0.39, 0.29) is 0 Å². The van der Waals surface area contributed by atoms with Crippen molar-refractivity contribution in [2.45, 2.75) is 0 Å². The topological polar surface area (TPSA) is 66.0 Å². The predicted octanol–water partition coefficient (Wildman–Crippen LogP) is 2.01. The fourth-order valence-corrected chi connectivity index (χ4v) is 1.81. The first-order valence-corrected chi connectivity index (χ1v) is 5.54. The van der Waals surface area contributed by atoms with E-state index in [1.807, 2.05) is 30.3 Å². The molecular formula is C13H12N4O. The molecule has 0 atom stereocenters. The van der Waals surface area contributed by atoms with Crippen molar-refractivity contribution in [2.24, 2.45) is 0 Å². The second-order valence-corrected chi connectivity index (χ2v) is 3.91. The summed E-state index contributed by atoms with van der Waals surface area (Å²) < 4.78 is 5.17. The minimum atomic E-state index is 0.560. The Morgan fingerprint density at radius 2 is 1.72 bits per heavy atom. The van der Waals surface area contributed by atoms with Gasteiger partial charge in [0.1, 0.15) is 16.8 Å². The summed E-state index contributed by atoms with van der Waals surface area (Å²) in [4.78, 5) is 1.59. The molecule has 0 aliphatic rings. The van der Waals surface area contributed by atoms with Gasteiger partial charge in [-0.1, -0.05) is 18.2 Å². The van der Waals surface area contributed by atoms with Crippen LogP contribution in [0.15, 0.2) is 42.5 Å². The monoisotopic (exact) mass is 240 g/mol. The van der Waals surface area contributed by atoms with Gasteiger partial charge in [-0.15, -0.1) is 10.2 Å². The van der Waals surface area contributed by atoms with E-state index < -0.39 is 0 Å². The summed E-state index contributed by atoms with van der Waals surface area (Å²) in [6.07, 6.45) is 0. The van der Waals surface area contributed by atoms with Gasteiger partial charge >= 0.3 is 0 Å². The largest absolute Gasteiger partial charge is 0.495 e. The van der Waals surface area contributed by atoms with E-state index in [9.17, 15) is 0 Å². The van der Waals surface area contributed by atoms with Crippen LogP contribution in [-0.2, 0) is 0 Å². The standard InChI is InChI=1S/C13H12N4O/c1-18-13-8-12-11(7-10(13)14)15-17(16-12)9-5-3-2-4-6-9/h2-8H,14H2,1H3. The molecule has 0 fully saturated rings. The number of fused-ring (bicyclic) bond motifs is 1. The number of hydrogen-bond donors (Lipinski definition) is 1. The van der Waals surface area contributed by atoms with Crippen molar-refractivity contribution in [3.05, 3.63) is 42.5 Å². The second kappa shape index (κ2) is 4.03. The Labute approximate surface area is 104 Å². The van der Waals surface area contributed by atoms with Gasteiger partial charge in [-0.2, -0.15) is 4.80 Å². The molecule has 2 aromatic carbocycles. The molecule has 2 N–H and O–H groups in total. The molecule has 0 saturated carbocycles. The predicted molar refractivity (Wildman–Crippen MR) is 69.8 cm³/mol. The molecule has 0 bridgehead atoms. The third-order valence-electron chi connectivity index (χ3n) is 2.72. The van der Waals surface area contributed by atoms with Crippen molar-refractivity contribution >= 4 is 16.7 Å². The summed E-state index contributed by atoms with van der Waals surface area (Å²) in [6.45, 7) is 0. The zero-order valence-corrected chi connectivity index (χ0v) is 9.87. The Balaban J connectivity index is 2.17. The summed E-state index contributed by atoms with van der Waals surface area (Å²) in [6, 6.07) is 13.3. The molecule has 0 aliphatic heterocycles. The molecule has 1 heterocycles. The lowest BCUT2D eigenvalue weighted by atomic mass is 10.2. The smallest absolute Gasteiger partial charge is 0.144 e. The summed E-state index contributed by atoms with van der Waals surface area (Å²) in [5.41, 5.74) is 8.81. The Bertz CT molecular complexity index is 691. The molecule has 0 unspecified atom stereocenters. The van der Waals surface area contributed by atoms with Crippen molar-refractivity contribution in [3.63, 3.8) is 0 Å². The van der Waals surface area contributed by atoms with Crippen LogP contribution in [0.1, 0.15) is 0 Å². The molecule has 0 spiro atoms. The van der Waals surface area contributed by atoms with Gasteiger partial charge in [-0.05, 0) is 18.2 Å². The minimum Gasteiger partial charge on any atom is -0.495 e. The Morgan fingerprint density at radius 1 is 1.06 bits per heavy atom. The van der Waals surface area contributed by atoms with Gasteiger partial charge in [-0.25, -0.2) is 0 Å². The van der Waals surface area contributed by atoms with E-state index in [4.69, 9.17) is 10.5 Å². The van der Waals surface area contributed by atoms with Crippen LogP contribution in [0.2, 0.25) is 0 Å². The molecule has 0 saturated heterocycles. The lowest BCUT2D eigenvalue weighted by molar-refractivity contribution is 0.417. The van der Waals surface area contributed by atoms with Crippen molar-refractivity contribution < 1.29 is 4.74 Å². The van der Waals surface area contributed by atoms with Crippen molar-refractivity contribution in [3.8, 4) is 11.4 Å². The second-order valence-electron chi connectivity index (χ2n) is 3.91. The van der Waals surface area contributed by atoms with E-state index in [1.165, 1.54) is 0 Å². The average molecular weight is 240 g/mol. The number of nitrogens with zero attached hydrogens (tertiary/aromatic N) is 3. The molecule has 5 nitrogen and oxygen atoms in total. The summed E-state index contributed by atoms with van der Waals surface area (Å²) in [5, 5.41) is 8.79. The Kier molecular flexibility index (Phi) is 2.37. The quantitative estimate of drug-likeness (QED) is 0.696. The molecule has 0 aliphatic carbocycles.